The van der Waals surface area contributed by atoms with E-state index in [1.807, 2.05) is 38.1 Å². The molecule has 106 valence electrons. The van der Waals surface area contributed by atoms with Gasteiger partial charge in [0, 0.05) is 17.7 Å². The number of benzene rings is 1. The molecule has 1 aromatic rings. The van der Waals surface area contributed by atoms with Gasteiger partial charge in [-0.3, -0.25) is 4.79 Å². The number of methoxy groups -OCH3 is 1. The molecule has 0 aliphatic heterocycles. The molecule has 1 unspecified atom stereocenters. The highest BCUT2D eigenvalue weighted by Crippen LogP contribution is 2.20. The minimum Gasteiger partial charge on any atom is -0.383 e. The number of carbonyl (C=O) groups is 1. The van der Waals surface area contributed by atoms with Gasteiger partial charge in [0.15, 0.2) is 0 Å². The Hall–Kier alpha value is -1.10. The van der Waals surface area contributed by atoms with Crippen LogP contribution in [0.1, 0.15) is 19.4 Å². The fraction of sp³-hybridized carbons (Fsp3) is 0.500. The smallest absolute Gasteiger partial charge is 0.239 e. The van der Waals surface area contributed by atoms with E-state index in [0.717, 1.165) is 5.56 Å². The number of amides is 1. The maximum Gasteiger partial charge on any atom is 0.239 e. The van der Waals surface area contributed by atoms with Gasteiger partial charge in [-0.1, -0.05) is 29.8 Å². The second-order valence-corrected chi connectivity index (χ2v) is 5.61. The van der Waals surface area contributed by atoms with Crippen LogP contribution >= 0.6 is 11.6 Å². The number of carbonyl (C=O) groups excluding carboxylic acids is 1. The molecule has 0 spiro atoms. The second kappa shape index (κ2) is 6.89. The first-order valence-corrected chi connectivity index (χ1v) is 6.53. The van der Waals surface area contributed by atoms with Crippen LogP contribution in [0.5, 0.6) is 0 Å². The molecule has 19 heavy (non-hydrogen) atoms. The van der Waals surface area contributed by atoms with E-state index in [4.69, 9.17) is 22.1 Å². The molecule has 1 amide bonds. The van der Waals surface area contributed by atoms with Crippen LogP contribution in [0.3, 0.4) is 0 Å². The van der Waals surface area contributed by atoms with Crippen LogP contribution in [-0.2, 0) is 16.0 Å². The molecule has 0 aliphatic rings. The lowest BCUT2D eigenvalue weighted by atomic mass is 9.94. The van der Waals surface area contributed by atoms with Gasteiger partial charge in [-0.25, -0.2) is 0 Å². The summed E-state index contributed by atoms with van der Waals surface area (Å²) < 4.78 is 4.87. The zero-order valence-corrected chi connectivity index (χ0v) is 12.3. The molecular weight excluding hydrogens is 264 g/mol. The van der Waals surface area contributed by atoms with E-state index in [-0.39, 0.29) is 12.5 Å². The minimum atomic E-state index is -0.657. The Morgan fingerprint density at radius 3 is 2.68 bits per heavy atom. The van der Waals surface area contributed by atoms with Crippen molar-refractivity contribution in [2.75, 3.05) is 13.7 Å². The van der Waals surface area contributed by atoms with Crippen molar-refractivity contribution in [3.8, 4) is 0 Å². The Morgan fingerprint density at radius 2 is 2.11 bits per heavy atom. The van der Waals surface area contributed by atoms with Crippen molar-refractivity contribution in [3.05, 3.63) is 34.9 Å². The van der Waals surface area contributed by atoms with E-state index in [1.165, 1.54) is 7.11 Å². The van der Waals surface area contributed by atoms with Gasteiger partial charge < -0.3 is 15.8 Å². The van der Waals surface area contributed by atoms with E-state index in [1.54, 1.807) is 0 Å². The molecule has 1 rings (SSSR count). The number of rotatable bonds is 6. The molecule has 1 aromatic carbocycles. The molecule has 1 atom stereocenters. The zero-order valence-electron chi connectivity index (χ0n) is 11.6. The quantitative estimate of drug-likeness (QED) is 0.836. The summed E-state index contributed by atoms with van der Waals surface area (Å²) >= 11 is 6.12. The third kappa shape index (κ3) is 5.19. The van der Waals surface area contributed by atoms with Gasteiger partial charge >= 0.3 is 0 Å². The van der Waals surface area contributed by atoms with Crippen LogP contribution in [0.25, 0.3) is 0 Å². The van der Waals surface area contributed by atoms with Crippen LogP contribution in [0, 0.1) is 0 Å². The molecule has 5 heteroatoms. The second-order valence-electron chi connectivity index (χ2n) is 5.20. The fourth-order valence-electron chi connectivity index (χ4n) is 1.84. The molecule has 0 radical (unpaired) electrons. The SMILES string of the molecule is COCC(N)C(=O)NC(C)(C)Cc1ccccc1Cl. The van der Waals surface area contributed by atoms with Crippen LogP contribution in [-0.4, -0.2) is 31.2 Å². The van der Waals surface area contributed by atoms with Crippen LogP contribution < -0.4 is 11.1 Å². The fourth-order valence-corrected chi connectivity index (χ4v) is 2.05. The molecule has 0 aliphatic carbocycles. The van der Waals surface area contributed by atoms with Gasteiger partial charge in [0.1, 0.15) is 6.04 Å². The Balaban J connectivity index is 2.66. The van der Waals surface area contributed by atoms with Gasteiger partial charge in [-0.05, 0) is 31.9 Å². The first-order chi connectivity index (χ1) is 8.85. The first-order valence-electron chi connectivity index (χ1n) is 6.15. The maximum atomic E-state index is 11.9. The number of ether oxygens (including phenoxy) is 1. The summed E-state index contributed by atoms with van der Waals surface area (Å²) in [4.78, 5) is 11.9. The van der Waals surface area contributed by atoms with Crippen molar-refractivity contribution >= 4 is 17.5 Å². The van der Waals surface area contributed by atoms with E-state index >= 15 is 0 Å². The van der Waals surface area contributed by atoms with E-state index in [9.17, 15) is 4.79 Å². The summed E-state index contributed by atoms with van der Waals surface area (Å²) in [5.41, 5.74) is 6.27. The molecule has 0 saturated carbocycles. The lowest BCUT2D eigenvalue weighted by molar-refractivity contribution is -0.125. The summed E-state index contributed by atoms with van der Waals surface area (Å²) in [6.07, 6.45) is 0.637. The van der Waals surface area contributed by atoms with Crippen molar-refractivity contribution in [2.24, 2.45) is 5.73 Å². The maximum absolute atomic E-state index is 11.9. The summed E-state index contributed by atoms with van der Waals surface area (Å²) in [5.74, 6) is -0.223. The molecule has 0 aromatic heterocycles. The average Bonchev–Trinajstić information content (AvgIpc) is 2.31. The number of nitrogens with two attached hydrogens (primary N) is 1. The minimum absolute atomic E-state index is 0.202. The molecular formula is C14H21ClN2O2. The molecule has 0 saturated heterocycles. The Kier molecular flexibility index (Phi) is 5.79. The standard InChI is InChI=1S/C14H21ClN2O2/c1-14(2,17-13(18)12(16)9-19-3)8-10-6-4-5-7-11(10)15/h4-7,12H,8-9,16H2,1-3H3,(H,17,18). The van der Waals surface area contributed by atoms with Crippen molar-refractivity contribution in [1.29, 1.82) is 0 Å². The highest BCUT2D eigenvalue weighted by molar-refractivity contribution is 6.31. The number of halogens is 1. The highest BCUT2D eigenvalue weighted by Gasteiger charge is 2.24. The largest absolute Gasteiger partial charge is 0.383 e. The van der Waals surface area contributed by atoms with E-state index in [2.05, 4.69) is 5.32 Å². The molecule has 0 bridgehead atoms. The first kappa shape index (κ1) is 16.0. The highest BCUT2D eigenvalue weighted by atomic mass is 35.5. The van der Waals surface area contributed by atoms with Crippen molar-refractivity contribution in [1.82, 2.24) is 5.32 Å². The number of nitrogens with one attached hydrogen (secondary N) is 1. The van der Waals surface area contributed by atoms with Gasteiger partial charge in [-0.2, -0.15) is 0 Å². The van der Waals surface area contributed by atoms with Crippen molar-refractivity contribution < 1.29 is 9.53 Å². The molecule has 0 heterocycles. The third-order valence-corrected chi connectivity index (χ3v) is 3.10. The van der Waals surface area contributed by atoms with Crippen molar-refractivity contribution in [3.63, 3.8) is 0 Å². The van der Waals surface area contributed by atoms with E-state index in [0.29, 0.717) is 11.4 Å². The summed E-state index contributed by atoms with van der Waals surface area (Å²) in [5, 5.41) is 3.61. The van der Waals surface area contributed by atoms with Crippen LogP contribution in [0.15, 0.2) is 24.3 Å². The molecule has 3 N–H and O–H groups in total. The van der Waals surface area contributed by atoms with Gasteiger partial charge in [0.2, 0.25) is 5.91 Å². The summed E-state index contributed by atoms with van der Waals surface area (Å²) in [6.45, 7) is 4.08. The Labute approximate surface area is 119 Å². The van der Waals surface area contributed by atoms with Crippen molar-refractivity contribution in [2.45, 2.75) is 31.8 Å². The Bertz CT molecular complexity index is 435. The van der Waals surface area contributed by atoms with E-state index < -0.39 is 11.6 Å². The normalized spacial score (nSPS) is 13.1. The lowest BCUT2D eigenvalue weighted by Crippen LogP contribution is -2.52. The third-order valence-electron chi connectivity index (χ3n) is 2.73. The topological polar surface area (TPSA) is 64.3 Å². The molecule has 0 fully saturated rings. The Morgan fingerprint density at radius 1 is 1.47 bits per heavy atom. The van der Waals surface area contributed by atoms with Crippen LogP contribution in [0.2, 0.25) is 5.02 Å². The molecule has 4 nitrogen and oxygen atoms in total. The summed E-state index contributed by atoms with van der Waals surface area (Å²) in [7, 11) is 1.52. The zero-order chi connectivity index (χ0) is 14.5. The predicted molar refractivity (Wildman–Crippen MR) is 77.2 cm³/mol. The van der Waals surface area contributed by atoms with Crippen LogP contribution in [0.4, 0.5) is 0 Å². The average molecular weight is 285 g/mol. The monoisotopic (exact) mass is 284 g/mol. The van der Waals surface area contributed by atoms with Gasteiger partial charge in [0.25, 0.3) is 0 Å². The summed E-state index contributed by atoms with van der Waals surface area (Å²) in [6, 6.07) is 6.94. The van der Waals surface area contributed by atoms with Gasteiger partial charge in [0.05, 0.1) is 6.61 Å². The number of hydrogen-bond acceptors (Lipinski definition) is 3. The number of hydrogen-bond donors (Lipinski definition) is 2. The van der Waals surface area contributed by atoms with Gasteiger partial charge in [-0.15, -0.1) is 0 Å². The lowest BCUT2D eigenvalue weighted by Gasteiger charge is -2.28. The predicted octanol–water partition coefficient (Wildman–Crippen LogP) is 1.75.